The molecule has 2 N–H and O–H groups in total. The van der Waals surface area contributed by atoms with Crippen molar-refractivity contribution in [2.75, 3.05) is 13.1 Å². The van der Waals surface area contributed by atoms with Gasteiger partial charge >= 0.3 is 201 Å². The van der Waals surface area contributed by atoms with E-state index < -0.39 is 5.97 Å². The number of nitrogens with zero attached hydrogens (tertiary/aromatic N) is 4. The first-order valence-corrected chi connectivity index (χ1v) is 11.4. The second-order valence-electron chi connectivity index (χ2n) is 8.37. The molecule has 0 saturated carbocycles. The van der Waals surface area contributed by atoms with Crippen LogP contribution < -0.4 is 14.6 Å². The number of benzene rings is 2. The van der Waals surface area contributed by atoms with Crippen LogP contribution in [0.15, 0.2) is 60.8 Å². The van der Waals surface area contributed by atoms with Crippen LogP contribution in [0, 0.1) is 5.82 Å². The molecule has 2 aromatic carbocycles. The van der Waals surface area contributed by atoms with Crippen molar-refractivity contribution in [2.24, 2.45) is 0 Å². The molecule has 3 heterocycles. The van der Waals surface area contributed by atoms with Gasteiger partial charge in [-0.05, 0) is 0 Å². The summed E-state index contributed by atoms with van der Waals surface area (Å²) in [5.41, 5.74) is 3.14. The van der Waals surface area contributed by atoms with E-state index >= 15 is 0 Å². The minimum absolute atomic E-state index is 0.131. The molecule has 0 radical (unpaired) electrons. The number of piperidine rings is 1. The second-order valence-corrected chi connectivity index (χ2v) is 8.37. The zero-order valence-corrected chi connectivity index (χ0v) is 19.1. The number of aromatic carboxylic acids is 1. The first kappa shape index (κ1) is 23.2. The number of imidazole rings is 1. The molecule has 0 spiro atoms. The molecule has 0 atom stereocenters. The predicted molar refractivity (Wildman–Crippen MR) is 129 cm³/mol. The average Bonchev–Trinajstić information content (AvgIpc) is 3.22. The summed E-state index contributed by atoms with van der Waals surface area (Å²) in [5.74, 6) is -0.893. The maximum atomic E-state index is 13.6. The predicted octanol–water partition coefficient (Wildman–Crippen LogP) is 3.36. The van der Waals surface area contributed by atoms with Crippen molar-refractivity contribution >= 4 is 28.2 Å². The van der Waals surface area contributed by atoms with E-state index in [1.54, 1.807) is 36.5 Å². The van der Waals surface area contributed by atoms with E-state index in [2.05, 4.69) is 19.9 Å². The van der Waals surface area contributed by atoms with Crippen molar-refractivity contribution < 1.29 is 19.0 Å². The fraction of sp³-hybridized carbons (Fsp3) is 0.200. The van der Waals surface area contributed by atoms with Crippen LogP contribution in [0.3, 0.4) is 0 Å². The molecule has 2 aromatic heterocycles. The Kier molecular flexibility index (Phi) is 6.64. The quantitative estimate of drug-likeness (QED) is 0.421. The Labute approximate surface area is 210 Å². The molecule has 1 aliphatic heterocycles. The van der Waals surface area contributed by atoms with Crippen LogP contribution in [-0.4, -0.2) is 61.4 Å². The monoisotopic (exact) mass is 465 g/mol. The van der Waals surface area contributed by atoms with Gasteiger partial charge in [0.05, 0.1) is 0 Å². The van der Waals surface area contributed by atoms with Gasteiger partial charge in [-0.1, -0.05) is 0 Å². The summed E-state index contributed by atoms with van der Waals surface area (Å²) in [6.45, 7) is 1.83. The van der Waals surface area contributed by atoms with Crippen LogP contribution in [0.2, 0.25) is 0 Å². The summed E-state index contributed by atoms with van der Waals surface area (Å²) in [4.78, 5) is 24.9. The van der Waals surface area contributed by atoms with E-state index in [4.69, 9.17) is 14.8 Å². The fourth-order valence-electron chi connectivity index (χ4n) is 4.40. The van der Waals surface area contributed by atoms with Crippen LogP contribution in [0.1, 0.15) is 29.2 Å². The third kappa shape index (κ3) is 4.98. The Morgan fingerprint density at radius 2 is 1.77 bits per heavy atom. The van der Waals surface area contributed by atoms with E-state index in [-0.39, 0.29) is 23.4 Å². The van der Waals surface area contributed by atoms with Gasteiger partial charge in [0.2, 0.25) is 0 Å². The molecule has 1 saturated heterocycles. The van der Waals surface area contributed by atoms with E-state index in [1.165, 1.54) is 24.3 Å². The van der Waals surface area contributed by atoms with Crippen molar-refractivity contribution in [3.63, 3.8) is 0 Å². The Hall–Kier alpha value is -3.51. The van der Waals surface area contributed by atoms with Crippen molar-refractivity contribution in [3.8, 4) is 34.4 Å². The molecular weight excluding hydrogens is 444 g/mol. The second kappa shape index (κ2) is 10.00. The van der Waals surface area contributed by atoms with Gasteiger partial charge in [0.15, 0.2) is 0 Å². The number of halogens is 1. The molecule has 0 aliphatic carbocycles. The number of nitrogens with one attached hydrogen (secondary N) is 1. The van der Waals surface area contributed by atoms with E-state index in [0.717, 1.165) is 47.4 Å². The van der Waals surface area contributed by atoms with Crippen LogP contribution in [0.4, 0.5) is 4.39 Å². The molecule has 172 valence electrons. The van der Waals surface area contributed by atoms with Gasteiger partial charge in [0, 0.05) is 0 Å². The molecule has 1 fully saturated rings. The van der Waals surface area contributed by atoms with Crippen molar-refractivity contribution in [1.29, 1.82) is 0 Å². The molecule has 8 nitrogen and oxygen atoms in total. The number of ether oxygens (including phenoxy) is 1. The van der Waals surface area contributed by atoms with E-state index in [9.17, 15) is 9.18 Å². The van der Waals surface area contributed by atoms with Gasteiger partial charge in [-0.25, -0.2) is 4.79 Å². The zero-order valence-electron chi connectivity index (χ0n) is 19.1. The average molecular weight is 465 g/mol. The molecular formula is C25H21FLiN5O3. The van der Waals surface area contributed by atoms with Crippen molar-refractivity contribution in [2.45, 2.75) is 18.9 Å². The number of rotatable bonds is 6. The molecule has 0 amide bonds. The summed E-state index contributed by atoms with van der Waals surface area (Å²) in [7, 11) is 0. The van der Waals surface area contributed by atoms with Gasteiger partial charge in [-0.15, -0.1) is 0 Å². The minimum atomic E-state index is -1.01. The molecule has 4 aromatic rings. The number of hydrogen-bond donors (Lipinski definition) is 2. The first-order chi connectivity index (χ1) is 17.0. The third-order valence-electron chi connectivity index (χ3n) is 6.07. The standard InChI is InChI=1S/C25H21FN5O3.Li/c26-18-5-1-16(2-6-18)22-23(31(15-29-22)19-9-12-27-13-10-19)21-11-14-28-25(30-21)34-20-7-3-17(4-8-20)24(32)33;/h1-8,11,14,19,27H,9-10,12-13H2,(H,32,33);. The summed E-state index contributed by atoms with van der Waals surface area (Å²) in [6.07, 6.45) is 3.53. The van der Waals surface area contributed by atoms with E-state index in [1.807, 2.05) is 17.7 Å². The van der Waals surface area contributed by atoms with Crippen molar-refractivity contribution in [3.05, 3.63) is 72.2 Å². The Balaban J connectivity index is 1.57. The molecule has 35 heavy (non-hydrogen) atoms. The van der Waals surface area contributed by atoms with Gasteiger partial charge in [0.1, 0.15) is 0 Å². The van der Waals surface area contributed by atoms with Crippen LogP contribution >= 0.6 is 0 Å². The maximum absolute atomic E-state index is 13.6. The molecule has 1 aliphatic rings. The first-order valence-electron chi connectivity index (χ1n) is 11.4. The van der Waals surface area contributed by atoms with Crippen molar-refractivity contribution in [1.82, 2.24) is 24.8 Å². The summed E-state index contributed by atoms with van der Waals surface area (Å²) >= 11 is 1.97. The normalized spacial score (nSPS) is 14.1. The molecule has 0 bridgehead atoms. The van der Waals surface area contributed by atoms with Gasteiger partial charge < -0.3 is 5.11 Å². The Bertz CT molecular complexity index is 1350. The number of aromatic nitrogens is 4. The van der Waals surface area contributed by atoms with Gasteiger partial charge in [-0.3, -0.25) is 0 Å². The fourth-order valence-corrected chi connectivity index (χ4v) is 4.40. The van der Waals surface area contributed by atoms with E-state index in [0.29, 0.717) is 11.4 Å². The van der Waals surface area contributed by atoms with Gasteiger partial charge in [0.25, 0.3) is 0 Å². The third-order valence-corrected chi connectivity index (χ3v) is 6.07. The summed E-state index contributed by atoms with van der Waals surface area (Å²) < 4.78 is 22.5. The van der Waals surface area contributed by atoms with Crippen LogP contribution in [0.5, 0.6) is 11.8 Å². The van der Waals surface area contributed by atoms with Crippen LogP contribution in [-0.2, 0) is 0 Å². The number of carboxylic acids is 1. The number of hydrogen-bond acceptors (Lipinski definition) is 6. The number of carbonyl (C=O) groups is 1. The SMILES string of the molecule is [Li][c]1nc(-c2ccc(F)cc2)c(-c2ccnc(Oc3ccc(C(=O)O)cc3)n2)n1C1CCNCC1. The number of carboxylic acid groups (broad SMARTS) is 1. The Morgan fingerprint density at radius 1 is 1.06 bits per heavy atom. The summed E-state index contributed by atoms with van der Waals surface area (Å²) in [5, 5.41) is 12.5. The summed E-state index contributed by atoms with van der Waals surface area (Å²) in [6, 6.07) is 14.5. The topological polar surface area (TPSA) is 102 Å². The molecule has 0 unspecified atom stereocenters. The molecule has 10 heteroatoms. The van der Waals surface area contributed by atoms with Crippen LogP contribution in [0.25, 0.3) is 22.6 Å². The zero-order chi connectivity index (χ0) is 24.4. The Morgan fingerprint density at radius 3 is 2.46 bits per heavy atom. The molecule has 5 rings (SSSR count). The van der Waals surface area contributed by atoms with Gasteiger partial charge in [-0.2, -0.15) is 0 Å².